The zero-order valence-corrected chi connectivity index (χ0v) is 26.8. The first-order valence-electron chi connectivity index (χ1n) is 16.2. The van der Waals surface area contributed by atoms with Crippen LogP contribution in [0.3, 0.4) is 0 Å². The fourth-order valence-corrected chi connectivity index (χ4v) is 6.23. The van der Waals surface area contributed by atoms with Gasteiger partial charge in [-0.1, -0.05) is 55.8 Å². The molecule has 244 valence electrons. The van der Waals surface area contributed by atoms with E-state index >= 15 is 0 Å². The van der Waals surface area contributed by atoms with Crippen LogP contribution in [-0.4, -0.2) is 80.6 Å². The van der Waals surface area contributed by atoms with Crippen LogP contribution in [0.1, 0.15) is 56.0 Å². The molecule has 1 fully saturated rings. The second kappa shape index (κ2) is 15.2. The lowest BCUT2D eigenvalue weighted by molar-refractivity contribution is -0.143. The third kappa shape index (κ3) is 7.82. The number of benzene rings is 2. The number of hydrogen-bond acceptors (Lipinski definition) is 8. The molecular weight excluding hydrogens is 584 g/mol. The molecule has 0 aliphatic carbocycles. The van der Waals surface area contributed by atoms with Gasteiger partial charge in [-0.05, 0) is 56.0 Å². The number of nitrogens with two attached hydrogens (primary N) is 1. The lowest BCUT2D eigenvalue weighted by Gasteiger charge is -2.32. The van der Waals surface area contributed by atoms with Crippen molar-refractivity contribution in [3.05, 3.63) is 65.5 Å². The third-order valence-electron chi connectivity index (χ3n) is 8.87. The Morgan fingerprint density at radius 3 is 2.43 bits per heavy atom. The number of esters is 1. The van der Waals surface area contributed by atoms with Gasteiger partial charge in [-0.2, -0.15) is 0 Å². The molecule has 0 spiro atoms. The van der Waals surface area contributed by atoms with Crippen LogP contribution in [0.15, 0.2) is 48.5 Å². The summed E-state index contributed by atoms with van der Waals surface area (Å²) in [6.45, 7) is 5.19. The molecule has 5 rings (SSSR count). The molecule has 0 unspecified atom stereocenters. The van der Waals surface area contributed by atoms with Crippen molar-refractivity contribution >= 4 is 45.6 Å². The topological polar surface area (TPSA) is 144 Å². The standard InChI is InChI=1S/C35H44N6O5/c1-3-4-10-29-38-32-33(27-8-5-6-9-28(27)37-34(32)36)41(29)18-7-17-40(22-25-13-11-24(12-14-25)21-31(43)46-2)30(42)23-39-19-15-26(16-20-39)35(44)45/h5-6,8-9,11-14,26H,3-4,7,10,15-23H2,1-2H3,(H2,36,37)(H,44,45). The summed E-state index contributed by atoms with van der Waals surface area (Å²) in [5.74, 6) is -0.0108. The van der Waals surface area contributed by atoms with Crippen LogP contribution >= 0.6 is 0 Å². The predicted octanol–water partition coefficient (Wildman–Crippen LogP) is 4.44. The number of unbranched alkanes of at least 4 members (excludes halogenated alkanes) is 1. The summed E-state index contributed by atoms with van der Waals surface area (Å²) in [6, 6.07) is 15.7. The molecule has 46 heavy (non-hydrogen) atoms. The normalized spacial score (nSPS) is 14.1. The molecule has 11 heteroatoms. The lowest BCUT2D eigenvalue weighted by atomic mass is 9.97. The van der Waals surface area contributed by atoms with E-state index in [1.807, 2.05) is 47.4 Å². The number of aryl methyl sites for hydroxylation is 2. The number of imidazole rings is 1. The first-order chi connectivity index (χ1) is 22.3. The summed E-state index contributed by atoms with van der Waals surface area (Å²) >= 11 is 0. The van der Waals surface area contributed by atoms with E-state index in [4.69, 9.17) is 15.5 Å². The number of piperidine rings is 1. The van der Waals surface area contributed by atoms with Gasteiger partial charge in [0.2, 0.25) is 5.91 Å². The van der Waals surface area contributed by atoms with Crippen molar-refractivity contribution in [2.75, 3.05) is 39.0 Å². The zero-order valence-electron chi connectivity index (χ0n) is 26.8. The van der Waals surface area contributed by atoms with Gasteiger partial charge in [-0.15, -0.1) is 0 Å². The number of amides is 1. The van der Waals surface area contributed by atoms with Crippen LogP contribution in [0.25, 0.3) is 21.9 Å². The number of aliphatic carboxylic acids is 1. The molecule has 11 nitrogen and oxygen atoms in total. The Kier molecular flexibility index (Phi) is 10.8. The van der Waals surface area contributed by atoms with Crippen molar-refractivity contribution in [3.8, 4) is 0 Å². The first kappa shape index (κ1) is 32.9. The number of hydrogen-bond donors (Lipinski definition) is 2. The van der Waals surface area contributed by atoms with Gasteiger partial charge in [0.05, 0.1) is 37.0 Å². The fraction of sp³-hybridized carbons (Fsp3) is 0.457. The van der Waals surface area contributed by atoms with E-state index in [0.29, 0.717) is 57.8 Å². The van der Waals surface area contributed by atoms with Crippen LogP contribution in [0.2, 0.25) is 0 Å². The Morgan fingerprint density at radius 1 is 1.02 bits per heavy atom. The van der Waals surface area contributed by atoms with Gasteiger partial charge < -0.3 is 25.0 Å². The molecule has 3 heterocycles. The maximum Gasteiger partial charge on any atom is 0.309 e. The highest BCUT2D eigenvalue weighted by Crippen LogP contribution is 2.29. The van der Waals surface area contributed by atoms with E-state index in [2.05, 4.69) is 27.4 Å². The summed E-state index contributed by atoms with van der Waals surface area (Å²) in [5, 5.41) is 10.4. The largest absolute Gasteiger partial charge is 0.481 e. The van der Waals surface area contributed by atoms with Gasteiger partial charge in [0.15, 0.2) is 5.82 Å². The predicted molar refractivity (Wildman–Crippen MR) is 177 cm³/mol. The average Bonchev–Trinajstić information content (AvgIpc) is 3.43. The number of methoxy groups -OCH3 is 1. The summed E-state index contributed by atoms with van der Waals surface area (Å²) in [7, 11) is 1.37. The molecule has 0 bridgehead atoms. The van der Waals surface area contributed by atoms with Crippen molar-refractivity contribution in [1.82, 2.24) is 24.3 Å². The number of carboxylic acids is 1. The van der Waals surface area contributed by atoms with Crippen molar-refractivity contribution in [2.24, 2.45) is 5.92 Å². The fourth-order valence-electron chi connectivity index (χ4n) is 6.23. The van der Waals surface area contributed by atoms with Crippen molar-refractivity contribution in [2.45, 2.75) is 65.0 Å². The van der Waals surface area contributed by atoms with Gasteiger partial charge in [-0.25, -0.2) is 9.97 Å². The molecule has 1 aliphatic heterocycles. The number of carbonyl (C=O) groups is 3. The summed E-state index contributed by atoms with van der Waals surface area (Å²) < 4.78 is 7.04. The second-order valence-corrected chi connectivity index (χ2v) is 12.1. The van der Waals surface area contributed by atoms with E-state index in [9.17, 15) is 19.5 Å². The molecule has 0 atom stereocenters. The third-order valence-corrected chi connectivity index (χ3v) is 8.87. The number of nitrogen functional groups attached to an aromatic ring is 1. The van der Waals surface area contributed by atoms with Gasteiger partial charge in [-0.3, -0.25) is 19.3 Å². The molecule has 4 aromatic rings. The Labute approximate surface area is 269 Å². The number of anilines is 1. The SMILES string of the molecule is CCCCc1nc2c(N)nc3ccccc3c2n1CCCN(Cc1ccc(CC(=O)OC)cc1)C(=O)CN1CCC(C(=O)O)CC1. The van der Waals surface area contributed by atoms with Crippen molar-refractivity contribution in [1.29, 1.82) is 0 Å². The summed E-state index contributed by atoms with van der Waals surface area (Å²) in [4.78, 5) is 50.4. The highest BCUT2D eigenvalue weighted by atomic mass is 16.5. The number of nitrogens with zero attached hydrogens (tertiary/aromatic N) is 5. The minimum absolute atomic E-state index is 0.00741. The van der Waals surface area contributed by atoms with Crippen LogP contribution in [0.4, 0.5) is 5.82 Å². The average molecular weight is 629 g/mol. The Bertz CT molecular complexity index is 1680. The van der Waals surface area contributed by atoms with Gasteiger partial charge in [0.25, 0.3) is 0 Å². The maximum absolute atomic E-state index is 13.8. The van der Waals surface area contributed by atoms with E-state index < -0.39 is 5.97 Å². The molecule has 1 amide bonds. The van der Waals surface area contributed by atoms with Crippen LogP contribution in [0, 0.1) is 5.92 Å². The number of para-hydroxylation sites is 1. The molecule has 1 aliphatic rings. The number of fused-ring (bicyclic) bond motifs is 3. The number of ether oxygens (including phenoxy) is 1. The molecule has 2 aromatic heterocycles. The summed E-state index contributed by atoms with van der Waals surface area (Å²) in [6.07, 6.45) is 4.86. The highest BCUT2D eigenvalue weighted by molar-refractivity contribution is 6.06. The number of likely N-dealkylation sites (tertiary alicyclic amines) is 1. The lowest BCUT2D eigenvalue weighted by Crippen LogP contribution is -2.44. The van der Waals surface area contributed by atoms with Gasteiger partial charge in [0.1, 0.15) is 11.3 Å². The van der Waals surface area contributed by atoms with E-state index in [-0.39, 0.29) is 30.8 Å². The quantitative estimate of drug-likeness (QED) is 0.194. The summed E-state index contributed by atoms with van der Waals surface area (Å²) in [5.41, 5.74) is 10.7. The van der Waals surface area contributed by atoms with Crippen molar-refractivity contribution in [3.63, 3.8) is 0 Å². The van der Waals surface area contributed by atoms with E-state index in [1.165, 1.54) is 7.11 Å². The second-order valence-electron chi connectivity index (χ2n) is 12.1. The Hall–Kier alpha value is -4.51. The van der Waals surface area contributed by atoms with Crippen LogP contribution < -0.4 is 5.73 Å². The van der Waals surface area contributed by atoms with Crippen LogP contribution in [-0.2, 0) is 45.1 Å². The van der Waals surface area contributed by atoms with Gasteiger partial charge in [0, 0.05) is 31.4 Å². The molecule has 1 saturated heterocycles. The first-order valence-corrected chi connectivity index (χ1v) is 16.2. The maximum atomic E-state index is 13.8. The monoisotopic (exact) mass is 628 g/mol. The highest BCUT2D eigenvalue weighted by Gasteiger charge is 2.27. The molecule has 2 aromatic carbocycles. The minimum Gasteiger partial charge on any atom is -0.481 e. The Morgan fingerprint density at radius 2 is 1.74 bits per heavy atom. The van der Waals surface area contributed by atoms with Crippen molar-refractivity contribution < 1.29 is 24.2 Å². The zero-order chi connectivity index (χ0) is 32.6. The molecule has 0 radical (unpaired) electrons. The minimum atomic E-state index is -0.765. The number of pyridine rings is 1. The smallest absolute Gasteiger partial charge is 0.309 e. The van der Waals surface area contributed by atoms with Gasteiger partial charge >= 0.3 is 11.9 Å². The van der Waals surface area contributed by atoms with Crippen LogP contribution in [0.5, 0.6) is 0 Å². The molecule has 0 saturated carbocycles. The molecule has 3 N–H and O–H groups in total. The number of carbonyl (C=O) groups excluding carboxylic acids is 2. The number of rotatable bonds is 14. The Balaban J connectivity index is 1.36. The molecular formula is C35H44N6O5. The number of carboxylic acid groups (broad SMARTS) is 1. The number of aromatic nitrogens is 3. The van der Waals surface area contributed by atoms with E-state index in [1.54, 1.807) is 0 Å². The van der Waals surface area contributed by atoms with E-state index in [0.717, 1.165) is 58.2 Å².